The number of nitrogens with one attached hydrogen (secondary N) is 1. The van der Waals surface area contributed by atoms with Crippen LogP contribution in [0.2, 0.25) is 0 Å². The summed E-state index contributed by atoms with van der Waals surface area (Å²) in [4.78, 5) is 13.6. The van der Waals surface area contributed by atoms with Crippen molar-refractivity contribution < 1.29 is 9.13 Å². The van der Waals surface area contributed by atoms with Gasteiger partial charge in [0.15, 0.2) is 5.82 Å². The van der Waals surface area contributed by atoms with Crippen LogP contribution in [0.15, 0.2) is 60.9 Å². The number of fused-ring (bicyclic) bond motifs is 1. The zero-order valence-electron chi connectivity index (χ0n) is 16.5. The number of nitrogens with zero attached hydrogens (tertiary/aromatic N) is 3. The van der Waals surface area contributed by atoms with E-state index in [4.69, 9.17) is 14.7 Å². The third-order valence-corrected chi connectivity index (χ3v) is 4.52. The summed E-state index contributed by atoms with van der Waals surface area (Å²) in [5, 5.41) is 4.15. The molecule has 0 spiro atoms. The fraction of sp³-hybridized carbons (Fsp3) is 0.174. The molecule has 4 rings (SSSR count). The van der Waals surface area contributed by atoms with Crippen LogP contribution in [0, 0.1) is 5.82 Å². The van der Waals surface area contributed by atoms with Crippen LogP contribution >= 0.6 is 0 Å². The van der Waals surface area contributed by atoms with Gasteiger partial charge in [-0.15, -0.1) is 0 Å². The Bertz CT molecular complexity index is 1160. The number of benzene rings is 2. The quantitative estimate of drug-likeness (QED) is 0.501. The highest BCUT2D eigenvalue weighted by Crippen LogP contribution is 2.36. The van der Waals surface area contributed by atoms with Gasteiger partial charge in [0.05, 0.1) is 7.11 Å². The van der Waals surface area contributed by atoms with Gasteiger partial charge in [0.25, 0.3) is 0 Å². The first-order valence-corrected chi connectivity index (χ1v) is 9.38. The van der Waals surface area contributed by atoms with Gasteiger partial charge in [0.2, 0.25) is 0 Å². The Morgan fingerprint density at radius 3 is 2.52 bits per heavy atom. The van der Waals surface area contributed by atoms with E-state index in [1.54, 1.807) is 37.7 Å². The summed E-state index contributed by atoms with van der Waals surface area (Å²) in [5.74, 6) is 1.48. The maximum Gasteiger partial charge on any atom is 0.163 e. The molecule has 146 valence electrons. The fourth-order valence-corrected chi connectivity index (χ4v) is 3.21. The normalized spacial score (nSPS) is 11.1. The van der Waals surface area contributed by atoms with Gasteiger partial charge in [0, 0.05) is 34.9 Å². The van der Waals surface area contributed by atoms with E-state index >= 15 is 0 Å². The first kappa shape index (κ1) is 18.8. The van der Waals surface area contributed by atoms with Crippen LogP contribution in [0.3, 0.4) is 0 Å². The molecule has 1 N–H and O–H groups in total. The molecule has 0 saturated heterocycles. The topological polar surface area (TPSA) is 59.9 Å². The van der Waals surface area contributed by atoms with E-state index in [0.29, 0.717) is 34.0 Å². The van der Waals surface area contributed by atoms with E-state index in [-0.39, 0.29) is 11.9 Å². The Kier molecular flexibility index (Phi) is 5.08. The monoisotopic (exact) mass is 388 g/mol. The van der Waals surface area contributed by atoms with Gasteiger partial charge in [-0.25, -0.2) is 14.4 Å². The van der Waals surface area contributed by atoms with Gasteiger partial charge in [-0.3, -0.25) is 4.98 Å². The summed E-state index contributed by atoms with van der Waals surface area (Å²) < 4.78 is 20.0. The molecule has 0 bridgehead atoms. The Labute approximate surface area is 168 Å². The van der Waals surface area contributed by atoms with Crippen LogP contribution < -0.4 is 10.1 Å². The Balaban J connectivity index is 2.00. The second-order valence-corrected chi connectivity index (χ2v) is 6.99. The summed E-state index contributed by atoms with van der Waals surface area (Å²) in [6.45, 7) is 4.07. The zero-order valence-corrected chi connectivity index (χ0v) is 16.5. The number of aromatic nitrogens is 3. The second kappa shape index (κ2) is 7.83. The predicted octanol–water partition coefficient (Wildman–Crippen LogP) is 5.33. The van der Waals surface area contributed by atoms with Gasteiger partial charge in [0.1, 0.15) is 22.9 Å². The van der Waals surface area contributed by atoms with E-state index in [2.05, 4.69) is 10.3 Å². The van der Waals surface area contributed by atoms with Gasteiger partial charge >= 0.3 is 0 Å². The number of methoxy groups -OCH3 is 1. The van der Waals surface area contributed by atoms with Gasteiger partial charge < -0.3 is 10.1 Å². The molecule has 0 amide bonds. The summed E-state index contributed by atoms with van der Waals surface area (Å²) in [6, 6.07) is 14.3. The molecule has 0 atom stereocenters. The van der Waals surface area contributed by atoms with E-state index < -0.39 is 0 Å². The molecule has 2 aromatic heterocycles. The van der Waals surface area contributed by atoms with Gasteiger partial charge in [-0.2, -0.15) is 0 Å². The number of rotatable bonds is 5. The summed E-state index contributed by atoms with van der Waals surface area (Å²) >= 11 is 0. The molecular formula is C23H21FN4O. The largest absolute Gasteiger partial charge is 0.494 e. The van der Waals surface area contributed by atoms with Crippen molar-refractivity contribution in [1.29, 1.82) is 0 Å². The van der Waals surface area contributed by atoms with Crippen molar-refractivity contribution in [2.45, 2.75) is 19.9 Å². The number of halogens is 1. The number of hydrogen-bond donors (Lipinski definition) is 1. The standard InChI is InChI=1S/C23H21FN4O/c1-14(2)26-23-18-11-16(17-8-4-5-9-19(17)24)12-20(29-3)21(18)27-22(28-23)15-7-6-10-25-13-15/h4-14H,1-3H3,(H,26,27,28). The summed E-state index contributed by atoms with van der Waals surface area (Å²) in [6.07, 6.45) is 3.43. The number of hydrogen-bond acceptors (Lipinski definition) is 5. The van der Waals surface area contributed by atoms with Crippen LogP contribution in [0.1, 0.15) is 13.8 Å². The summed E-state index contributed by atoms with van der Waals surface area (Å²) in [7, 11) is 1.58. The van der Waals surface area contributed by atoms with Crippen molar-refractivity contribution in [2.75, 3.05) is 12.4 Å². The maximum absolute atomic E-state index is 14.4. The molecule has 5 nitrogen and oxygen atoms in total. The minimum Gasteiger partial charge on any atom is -0.494 e. The molecule has 0 radical (unpaired) electrons. The Morgan fingerprint density at radius 1 is 1.00 bits per heavy atom. The van der Waals surface area contributed by atoms with Crippen molar-refractivity contribution in [3.8, 4) is 28.3 Å². The maximum atomic E-state index is 14.4. The molecule has 0 unspecified atom stereocenters. The Hall–Kier alpha value is -3.54. The van der Waals surface area contributed by atoms with Crippen LogP contribution in [-0.4, -0.2) is 28.1 Å². The number of ether oxygens (including phenoxy) is 1. The zero-order chi connectivity index (χ0) is 20.4. The minimum absolute atomic E-state index is 0.151. The summed E-state index contributed by atoms with van der Waals surface area (Å²) in [5.41, 5.74) is 2.67. The lowest BCUT2D eigenvalue weighted by atomic mass is 10.0. The van der Waals surface area contributed by atoms with E-state index in [1.165, 1.54) is 6.07 Å². The lowest BCUT2D eigenvalue weighted by molar-refractivity contribution is 0.419. The molecule has 4 aromatic rings. The molecule has 6 heteroatoms. The van der Waals surface area contributed by atoms with Crippen molar-refractivity contribution >= 4 is 16.7 Å². The third-order valence-electron chi connectivity index (χ3n) is 4.52. The highest BCUT2D eigenvalue weighted by Gasteiger charge is 2.17. The molecule has 0 saturated carbocycles. The van der Waals surface area contributed by atoms with E-state index in [0.717, 1.165) is 10.9 Å². The Morgan fingerprint density at radius 2 is 1.83 bits per heavy atom. The highest BCUT2D eigenvalue weighted by atomic mass is 19.1. The third kappa shape index (κ3) is 3.74. The van der Waals surface area contributed by atoms with Crippen LogP contribution in [0.5, 0.6) is 5.75 Å². The van der Waals surface area contributed by atoms with Crippen molar-refractivity contribution in [3.05, 3.63) is 66.7 Å². The molecule has 0 aliphatic heterocycles. The smallest absolute Gasteiger partial charge is 0.163 e. The first-order valence-electron chi connectivity index (χ1n) is 9.38. The SMILES string of the molecule is COc1cc(-c2ccccc2F)cc2c(NC(C)C)nc(-c3cccnc3)nc12. The first-order chi connectivity index (χ1) is 14.1. The van der Waals surface area contributed by atoms with Crippen LogP contribution in [0.25, 0.3) is 33.4 Å². The van der Waals surface area contributed by atoms with Crippen molar-refractivity contribution in [3.63, 3.8) is 0 Å². The highest BCUT2D eigenvalue weighted by molar-refractivity contribution is 5.98. The van der Waals surface area contributed by atoms with E-state index in [9.17, 15) is 4.39 Å². The molecule has 0 aliphatic carbocycles. The second-order valence-electron chi connectivity index (χ2n) is 6.99. The van der Waals surface area contributed by atoms with Gasteiger partial charge in [-0.05, 0) is 49.7 Å². The van der Waals surface area contributed by atoms with Crippen molar-refractivity contribution in [2.24, 2.45) is 0 Å². The minimum atomic E-state index is -0.292. The number of pyridine rings is 1. The number of anilines is 1. The molecule has 2 heterocycles. The average Bonchev–Trinajstić information content (AvgIpc) is 2.73. The molecule has 29 heavy (non-hydrogen) atoms. The van der Waals surface area contributed by atoms with E-state index in [1.807, 2.05) is 38.1 Å². The van der Waals surface area contributed by atoms with Gasteiger partial charge in [-0.1, -0.05) is 18.2 Å². The lowest BCUT2D eigenvalue weighted by Crippen LogP contribution is -2.12. The predicted molar refractivity (Wildman–Crippen MR) is 113 cm³/mol. The van der Waals surface area contributed by atoms with Crippen LogP contribution in [0.4, 0.5) is 10.2 Å². The lowest BCUT2D eigenvalue weighted by Gasteiger charge is -2.16. The van der Waals surface area contributed by atoms with Crippen LogP contribution in [-0.2, 0) is 0 Å². The molecule has 0 fully saturated rings. The molecule has 0 aliphatic rings. The molecule has 2 aromatic carbocycles. The van der Waals surface area contributed by atoms with Crippen molar-refractivity contribution in [1.82, 2.24) is 15.0 Å². The average molecular weight is 388 g/mol. The fourth-order valence-electron chi connectivity index (χ4n) is 3.21. The molecular weight excluding hydrogens is 367 g/mol.